The highest BCUT2D eigenvalue weighted by Crippen LogP contribution is 2.16. The van der Waals surface area contributed by atoms with Crippen LogP contribution in [-0.2, 0) is 6.42 Å². The summed E-state index contributed by atoms with van der Waals surface area (Å²) in [5, 5.41) is 6.60. The zero-order valence-corrected chi connectivity index (χ0v) is 12.3. The zero-order valence-electron chi connectivity index (χ0n) is 12.3. The zero-order chi connectivity index (χ0) is 15.4. The molecule has 0 fully saturated rings. The van der Waals surface area contributed by atoms with Crippen molar-refractivity contribution >= 4 is 28.3 Å². The first-order valence-corrected chi connectivity index (χ1v) is 7.26. The van der Waals surface area contributed by atoms with Crippen LogP contribution in [0.5, 0.6) is 0 Å². The van der Waals surface area contributed by atoms with Crippen molar-refractivity contribution in [3.63, 3.8) is 0 Å². The van der Waals surface area contributed by atoms with Gasteiger partial charge in [0, 0.05) is 11.1 Å². The molecule has 0 aliphatic rings. The number of hydrogen-bond donors (Lipinski definition) is 2. The molecule has 2 aromatic carbocycles. The quantitative estimate of drug-likeness (QED) is 0.749. The van der Waals surface area contributed by atoms with Gasteiger partial charge in [-0.05, 0) is 36.2 Å². The monoisotopic (exact) mass is 291 g/mol. The Morgan fingerprint density at radius 1 is 1.00 bits per heavy atom. The van der Waals surface area contributed by atoms with Crippen LogP contribution in [0.4, 0.5) is 16.2 Å². The molecular formula is C18H17N3O. The summed E-state index contributed by atoms with van der Waals surface area (Å²) in [5.41, 5.74) is 3.58. The molecule has 0 saturated carbocycles. The molecule has 4 heteroatoms. The highest BCUT2D eigenvalue weighted by atomic mass is 16.2. The minimum absolute atomic E-state index is 0.277. The number of rotatable bonds is 3. The standard InChI is InChI=1S/C18H17N3O/c1-2-13-7-9-15(10-8-13)20-18(22)21-16-11-14-5-3-4-6-17(14)19-12-16/h3-12H,2H2,1H3,(H2,20,21,22). The number of amides is 2. The van der Waals surface area contributed by atoms with E-state index in [1.165, 1.54) is 5.56 Å². The molecule has 3 aromatic rings. The van der Waals surface area contributed by atoms with Crippen LogP contribution in [0.3, 0.4) is 0 Å². The Balaban J connectivity index is 1.69. The van der Waals surface area contributed by atoms with Gasteiger partial charge in [0.25, 0.3) is 0 Å². The van der Waals surface area contributed by atoms with E-state index >= 15 is 0 Å². The van der Waals surface area contributed by atoms with Crippen molar-refractivity contribution in [1.82, 2.24) is 4.98 Å². The summed E-state index contributed by atoms with van der Waals surface area (Å²) in [6.07, 6.45) is 2.64. The largest absolute Gasteiger partial charge is 0.323 e. The van der Waals surface area contributed by atoms with Gasteiger partial charge in [0.15, 0.2) is 0 Å². The lowest BCUT2D eigenvalue weighted by Crippen LogP contribution is -2.19. The van der Waals surface area contributed by atoms with Crippen LogP contribution in [-0.4, -0.2) is 11.0 Å². The van der Waals surface area contributed by atoms with Gasteiger partial charge in [0.2, 0.25) is 0 Å². The number of carbonyl (C=O) groups is 1. The number of fused-ring (bicyclic) bond motifs is 1. The fourth-order valence-corrected chi connectivity index (χ4v) is 2.26. The number of urea groups is 1. The molecule has 110 valence electrons. The number of aromatic nitrogens is 1. The Morgan fingerprint density at radius 3 is 2.50 bits per heavy atom. The Hall–Kier alpha value is -2.88. The maximum absolute atomic E-state index is 12.0. The van der Waals surface area contributed by atoms with Gasteiger partial charge in [-0.25, -0.2) is 4.79 Å². The molecule has 4 nitrogen and oxygen atoms in total. The van der Waals surface area contributed by atoms with E-state index < -0.39 is 0 Å². The number of nitrogens with zero attached hydrogens (tertiary/aromatic N) is 1. The summed E-state index contributed by atoms with van der Waals surface area (Å²) in [6.45, 7) is 2.10. The van der Waals surface area contributed by atoms with Crippen molar-refractivity contribution in [2.24, 2.45) is 0 Å². The van der Waals surface area contributed by atoms with E-state index in [0.717, 1.165) is 23.0 Å². The minimum atomic E-state index is -0.277. The normalized spacial score (nSPS) is 10.4. The molecule has 0 saturated heterocycles. The highest BCUT2D eigenvalue weighted by molar-refractivity contribution is 6.00. The summed E-state index contributed by atoms with van der Waals surface area (Å²) in [5.74, 6) is 0. The van der Waals surface area contributed by atoms with Crippen LogP contribution < -0.4 is 10.6 Å². The molecule has 22 heavy (non-hydrogen) atoms. The van der Waals surface area contributed by atoms with Gasteiger partial charge in [-0.1, -0.05) is 37.3 Å². The van der Waals surface area contributed by atoms with E-state index in [2.05, 4.69) is 22.5 Å². The fourth-order valence-electron chi connectivity index (χ4n) is 2.26. The molecule has 0 unspecified atom stereocenters. The summed E-state index contributed by atoms with van der Waals surface area (Å²) in [4.78, 5) is 16.3. The number of carbonyl (C=O) groups excluding carboxylic acids is 1. The lowest BCUT2D eigenvalue weighted by atomic mass is 10.1. The molecule has 1 heterocycles. The van der Waals surface area contributed by atoms with Crippen molar-refractivity contribution in [3.05, 3.63) is 66.4 Å². The molecule has 2 amide bonds. The van der Waals surface area contributed by atoms with Gasteiger partial charge in [-0.2, -0.15) is 0 Å². The molecule has 0 atom stereocenters. The Kier molecular flexibility index (Phi) is 4.01. The molecule has 1 aromatic heterocycles. The Morgan fingerprint density at radius 2 is 1.73 bits per heavy atom. The first-order chi connectivity index (χ1) is 10.7. The number of anilines is 2. The number of hydrogen-bond acceptors (Lipinski definition) is 2. The number of pyridine rings is 1. The summed E-state index contributed by atoms with van der Waals surface area (Å²) < 4.78 is 0. The van der Waals surface area contributed by atoms with E-state index in [4.69, 9.17) is 0 Å². The van der Waals surface area contributed by atoms with Gasteiger partial charge < -0.3 is 10.6 Å². The van der Waals surface area contributed by atoms with Crippen molar-refractivity contribution in [2.45, 2.75) is 13.3 Å². The van der Waals surface area contributed by atoms with E-state index in [1.807, 2.05) is 54.6 Å². The molecule has 0 spiro atoms. The molecule has 0 bridgehead atoms. The topological polar surface area (TPSA) is 54.0 Å². The van der Waals surface area contributed by atoms with Crippen LogP contribution in [0.2, 0.25) is 0 Å². The van der Waals surface area contributed by atoms with Crippen molar-refractivity contribution in [3.8, 4) is 0 Å². The molecular weight excluding hydrogens is 274 g/mol. The summed E-state index contributed by atoms with van der Waals surface area (Å²) in [6, 6.07) is 17.2. The van der Waals surface area contributed by atoms with Crippen LogP contribution in [0.25, 0.3) is 10.9 Å². The van der Waals surface area contributed by atoms with Gasteiger partial charge >= 0.3 is 6.03 Å². The van der Waals surface area contributed by atoms with Crippen molar-refractivity contribution in [1.29, 1.82) is 0 Å². The number of para-hydroxylation sites is 1. The molecule has 2 N–H and O–H groups in total. The average Bonchev–Trinajstić information content (AvgIpc) is 2.55. The second-order valence-electron chi connectivity index (χ2n) is 5.05. The van der Waals surface area contributed by atoms with E-state index in [0.29, 0.717) is 5.69 Å². The van der Waals surface area contributed by atoms with Crippen molar-refractivity contribution in [2.75, 3.05) is 10.6 Å². The Labute approximate surface area is 129 Å². The van der Waals surface area contributed by atoms with Gasteiger partial charge in [-0.15, -0.1) is 0 Å². The number of aryl methyl sites for hydroxylation is 1. The van der Waals surface area contributed by atoms with Gasteiger partial charge in [-0.3, -0.25) is 4.98 Å². The number of nitrogens with one attached hydrogen (secondary N) is 2. The smallest absolute Gasteiger partial charge is 0.308 e. The fraction of sp³-hybridized carbons (Fsp3) is 0.111. The predicted molar refractivity (Wildman–Crippen MR) is 90.2 cm³/mol. The first-order valence-electron chi connectivity index (χ1n) is 7.26. The average molecular weight is 291 g/mol. The van der Waals surface area contributed by atoms with E-state index in [9.17, 15) is 4.79 Å². The number of benzene rings is 2. The molecule has 0 aliphatic carbocycles. The maximum Gasteiger partial charge on any atom is 0.323 e. The second-order valence-corrected chi connectivity index (χ2v) is 5.05. The molecule has 3 rings (SSSR count). The third kappa shape index (κ3) is 3.23. The van der Waals surface area contributed by atoms with Crippen LogP contribution in [0, 0.1) is 0 Å². The highest BCUT2D eigenvalue weighted by Gasteiger charge is 2.04. The third-order valence-electron chi connectivity index (χ3n) is 3.47. The lowest BCUT2D eigenvalue weighted by molar-refractivity contribution is 0.262. The second kappa shape index (κ2) is 6.26. The summed E-state index contributed by atoms with van der Waals surface area (Å²) >= 11 is 0. The van der Waals surface area contributed by atoms with E-state index in [1.54, 1.807) is 6.20 Å². The third-order valence-corrected chi connectivity index (χ3v) is 3.47. The molecule has 0 aliphatic heterocycles. The van der Waals surface area contributed by atoms with Crippen molar-refractivity contribution < 1.29 is 4.79 Å². The van der Waals surface area contributed by atoms with Crippen LogP contribution in [0.15, 0.2) is 60.8 Å². The van der Waals surface area contributed by atoms with Crippen LogP contribution in [0.1, 0.15) is 12.5 Å². The predicted octanol–water partition coefficient (Wildman–Crippen LogP) is 4.44. The Bertz CT molecular complexity index is 797. The first kappa shape index (κ1) is 14.1. The summed E-state index contributed by atoms with van der Waals surface area (Å²) in [7, 11) is 0. The van der Waals surface area contributed by atoms with Gasteiger partial charge in [0.1, 0.15) is 0 Å². The molecule has 0 radical (unpaired) electrons. The van der Waals surface area contributed by atoms with E-state index in [-0.39, 0.29) is 6.03 Å². The lowest BCUT2D eigenvalue weighted by Gasteiger charge is -2.08. The van der Waals surface area contributed by atoms with Crippen LogP contribution >= 0.6 is 0 Å². The minimum Gasteiger partial charge on any atom is -0.308 e. The SMILES string of the molecule is CCc1ccc(NC(=O)Nc2cnc3ccccc3c2)cc1. The van der Waals surface area contributed by atoms with Gasteiger partial charge in [0.05, 0.1) is 17.4 Å². The maximum atomic E-state index is 12.0.